The number of ether oxygens (including phenoxy) is 2. The summed E-state index contributed by atoms with van der Waals surface area (Å²) in [7, 11) is 0. The summed E-state index contributed by atoms with van der Waals surface area (Å²) in [5.74, 6) is -3.29. The van der Waals surface area contributed by atoms with Crippen LogP contribution < -0.4 is 19.8 Å². The van der Waals surface area contributed by atoms with Gasteiger partial charge in [-0.3, -0.25) is 4.79 Å². The van der Waals surface area contributed by atoms with Gasteiger partial charge < -0.3 is 18.8 Å². The van der Waals surface area contributed by atoms with Gasteiger partial charge in [0, 0.05) is 10.0 Å². The van der Waals surface area contributed by atoms with Crippen LogP contribution in [0.5, 0.6) is 17.2 Å². The minimum atomic E-state index is -5.06. The number of carbonyl (C=O) groups excluding carboxylic acids is 1. The minimum absolute atomic E-state index is 0.00296. The Morgan fingerprint density at radius 2 is 1.67 bits per heavy atom. The summed E-state index contributed by atoms with van der Waals surface area (Å²) < 4.78 is 59.8. The molecule has 5 rings (SSSR count). The molecule has 0 amide bonds. The molecule has 1 N–H and O–H groups in total. The molecule has 1 aliphatic rings. The van der Waals surface area contributed by atoms with Crippen molar-refractivity contribution in [3.63, 3.8) is 0 Å². The van der Waals surface area contributed by atoms with E-state index < -0.39 is 29.1 Å². The number of hydrogen-bond donors (Lipinski definition) is 1. The number of likely N-dealkylation sites (tertiary alicyclic amines) is 1. The normalized spacial score (nSPS) is 14.5. The van der Waals surface area contributed by atoms with Crippen molar-refractivity contribution >= 4 is 40.1 Å². The smallest absolute Gasteiger partial charge is 0.449 e. The molecule has 0 bridgehead atoms. The lowest BCUT2D eigenvalue weighted by atomic mass is 10.1. The fraction of sp³-hybridized carbons (Fsp3) is 0.290. The van der Waals surface area contributed by atoms with E-state index in [0.717, 1.165) is 43.7 Å². The van der Waals surface area contributed by atoms with Gasteiger partial charge in [-0.05, 0) is 92.8 Å². The van der Waals surface area contributed by atoms with Gasteiger partial charge in [-0.2, -0.15) is 13.2 Å². The molecule has 0 spiro atoms. The largest absolute Gasteiger partial charge is 0.453 e. The SMILES string of the molecule is Cc1cc(Oc2c(C(F)(F)F)oc3c(C[NH+]4CCCCCC4)c(OC(=O)c4ccc(Cl)cc4)ccc3c2=O)ccc1Cl. The molecule has 0 atom stereocenters. The van der Waals surface area contributed by atoms with Gasteiger partial charge in [0.25, 0.3) is 5.76 Å². The molecule has 42 heavy (non-hydrogen) atoms. The van der Waals surface area contributed by atoms with Gasteiger partial charge in [0.15, 0.2) is 5.58 Å². The van der Waals surface area contributed by atoms with Crippen LogP contribution in [0.3, 0.4) is 0 Å². The van der Waals surface area contributed by atoms with E-state index in [1.54, 1.807) is 6.92 Å². The van der Waals surface area contributed by atoms with Gasteiger partial charge in [0.1, 0.15) is 18.0 Å². The van der Waals surface area contributed by atoms with Gasteiger partial charge in [0.2, 0.25) is 11.2 Å². The third-order valence-corrected chi connectivity index (χ3v) is 7.88. The van der Waals surface area contributed by atoms with E-state index in [9.17, 15) is 22.8 Å². The predicted molar refractivity (Wildman–Crippen MR) is 153 cm³/mol. The van der Waals surface area contributed by atoms with Crippen molar-refractivity contribution in [1.29, 1.82) is 0 Å². The first kappa shape index (κ1) is 29.9. The molecule has 0 unspecified atom stereocenters. The van der Waals surface area contributed by atoms with Crippen LogP contribution in [-0.2, 0) is 12.7 Å². The first-order valence-electron chi connectivity index (χ1n) is 13.5. The van der Waals surface area contributed by atoms with Gasteiger partial charge in [0.05, 0.1) is 29.6 Å². The zero-order chi connectivity index (χ0) is 30.0. The Morgan fingerprint density at radius 1 is 0.976 bits per heavy atom. The second kappa shape index (κ2) is 12.4. The molecule has 0 radical (unpaired) electrons. The van der Waals surface area contributed by atoms with E-state index >= 15 is 0 Å². The highest BCUT2D eigenvalue weighted by Gasteiger charge is 2.41. The second-order valence-corrected chi connectivity index (χ2v) is 11.1. The summed E-state index contributed by atoms with van der Waals surface area (Å²) in [6.07, 6.45) is -1.08. The van der Waals surface area contributed by atoms with Crippen LogP contribution in [0.2, 0.25) is 10.0 Å². The lowest BCUT2D eigenvalue weighted by Crippen LogP contribution is -3.10. The summed E-state index contributed by atoms with van der Waals surface area (Å²) >= 11 is 12.0. The summed E-state index contributed by atoms with van der Waals surface area (Å²) in [5.41, 5.74) is -0.345. The van der Waals surface area contributed by atoms with Gasteiger partial charge in [-0.15, -0.1) is 0 Å². The quantitative estimate of drug-likeness (QED) is 0.180. The molecule has 0 saturated carbocycles. The van der Waals surface area contributed by atoms with Crippen LogP contribution in [0.25, 0.3) is 11.0 Å². The van der Waals surface area contributed by atoms with Crippen LogP contribution in [0.15, 0.2) is 63.8 Å². The number of rotatable bonds is 6. The Kier molecular flexibility index (Phi) is 8.82. The third kappa shape index (κ3) is 6.59. The van der Waals surface area contributed by atoms with E-state index in [1.165, 1.54) is 54.6 Å². The van der Waals surface area contributed by atoms with Crippen molar-refractivity contribution < 1.29 is 36.8 Å². The highest BCUT2D eigenvalue weighted by Crippen LogP contribution is 2.40. The highest BCUT2D eigenvalue weighted by atomic mass is 35.5. The molecule has 1 aliphatic heterocycles. The third-order valence-electron chi connectivity index (χ3n) is 7.21. The van der Waals surface area contributed by atoms with Crippen LogP contribution in [0.1, 0.15) is 52.9 Å². The molecule has 2 heterocycles. The average Bonchev–Trinajstić information content (AvgIpc) is 3.22. The number of alkyl halides is 3. The topological polar surface area (TPSA) is 70.2 Å². The van der Waals surface area contributed by atoms with E-state index in [2.05, 4.69) is 0 Å². The number of nitrogens with one attached hydrogen (secondary N) is 1. The zero-order valence-corrected chi connectivity index (χ0v) is 24.1. The fourth-order valence-electron chi connectivity index (χ4n) is 5.02. The molecule has 1 aromatic heterocycles. The van der Waals surface area contributed by atoms with Crippen LogP contribution in [0, 0.1) is 6.92 Å². The van der Waals surface area contributed by atoms with Gasteiger partial charge >= 0.3 is 12.1 Å². The van der Waals surface area contributed by atoms with Crippen molar-refractivity contribution in [2.24, 2.45) is 0 Å². The van der Waals surface area contributed by atoms with Crippen molar-refractivity contribution in [2.45, 2.75) is 45.3 Å². The van der Waals surface area contributed by atoms with Gasteiger partial charge in [-0.1, -0.05) is 23.2 Å². The summed E-state index contributed by atoms with van der Waals surface area (Å²) in [5, 5.41) is 0.695. The number of aryl methyl sites for hydroxylation is 1. The Labute approximate surface area is 249 Å². The maximum atomic E-state index is 14.4. The lowest BCUT2D eigenvalue weighted by Gasteiger charge is -2.20. The zero-order valence-electron chi connectivity index (χ0n) is 22.6. The molecule has 220 valence electrons. The summed E-state index contributed by atoms with van der Waals surface area (Å²) in [6, 6.07) is 13.0. The highest BCUT2D eigenvalue weighted by molar-refractivity contribution is 6.31. The number of halogens is 5. The monoisotopic (exact) mass is 620 g/mol. The number of benzene rings is 3. The molecular formula is C31H27Cl2F3NO5+. The second-order valence-electron chi connectivity index (χ2n) is 10.3. The van der Waals surface area contributed by atoms with Crippen molar-refractivity contribution in [3.05, 3.63) is 97.3 Å². The van der Waals surface area contributed by atoms with Crippen LogP contribution >= 0.6 is 23.2 Å². The number of quaternary nitrogens is 1. The van der Waals surface area contributed by atoms with Crippen molar-refractivity contribution in [1.82, 2.24) is 0 Å². The molecular weight excluding hydrogens is 594 g/mol. The maximum Gasteiger partial charge on any atom is 0.453 e. The maximum absolute atomic E-state index is 14.4. The Morgan fingerprint density at radius 3 is 2.31 bits per heavy atom. The van der Waals surface area contributed by atoms with E-state index in [-0.39, 0.29) is 40.1 Å². The predicted octanol–water partition coefficient (Wildman–Crippen LogP) is 7.40. The van der Waals surface area contributed by atoms with Crippen molar-refractivity contribution in [3.8, 4) is 17.2 Å². The van der Waals surface area contributed by atoms with Crippen LogP contribution in [0.4, 0.5) is 13.2 Å². The Balaban J connectivity index is 1.66. The molecule has 4 aromatic rings. The molecule has 0 aliphatic carbocycles. The van der Waals surface area contributed by atoms with Gasteiger partial charge in [-0.25, -0.2) is 4.79 Å². The fourth-order valence-corrected chi connectivity index (χ4v) is 5.26. The summed E-state index contributed by atoms with van der Waals surface area (Å²) in [6.45, 7) is 3.40. The van der Waals surface area contributed by atoms with Crippen LogP contribution in [-0.4, -0.2) is 19.1 Å². The Hall–Kier alpha value is -3.53. The van der Waals surface area contributed by atoms with E-state index in [4.69, 9.17) is 37.1 Å². The molecule has 1 saturated heterocycles. The molecule has 11 heteroatoms. The first-order valence-corrected chi connectivity index (χ1v) is 14.2. The number of carbonyl (C=O) groups is 1. The minimum Gasteiger partial charge on any atom is -0.449 e. The standard InChI is InChI=1S/C31H26Cl2F3NO5/c1-18-16-21(10-12-24(18)33)40-28-26(38)22-11-13-25(41-30(39)19-6-8-20(32)9-7-19)23(17-37-14-4-2-3-5-15-37)27(22)42-29(28)31(34,35)36/h6-13,16H,2-5,14-15,17H2,1H3/p+1. The molecule has 1 fully saturated rings. The average molecular weight is 621 g/mol. The van der Waals surface area contributed by atoms with E-state index in [0.29, 0.717) is 15.6 Å². The van der Waals surface area contributed by atoms with Crippen molar-refractivity contribution in [2.75, 3.05) is 13.1 Å². The first-order chi connectivity index (χ1) is 20.0. The number of esters is 1. The summed E-state index contributed by atoms with van der Waals surface area (Å²) in [4.78, 5) is 27.7. The number of fused-ring (bicyclic) bond motifs is 1. The molecule has 6 nitrogen and oxygen atoms in total. The Bertz CT molecular complexity index is 1680. The number of hydrogen-bond acceptors (Lipinski definition) is 5. The van der Waals surface area contributed by atoms with E-state index in [1.807, 2.05) is 0 Å². The lowest BCUT2D eigenvalue weighted by molar-refractivity contribution is -0.913. The molecule has 3 aromatic carbocycles.